The molecule has 0 aliphatic carbocycles. The Morgan fingerprint density at radius 1 is 0.232 bits per heavy atom. The molecule has 0 spiro atoms. The van der Waals surface area contributed by atoms with Gasteiger partial charge in [0.05, 0.1) is 5.48 Å². The van der Waals surface area contributed by atoms with Gasteiger partial charge in [-0.3, -0.25) is 0 Å². The van der Waals surface area contributed by atoms with Crippen LogP contribution in [0.2, 0.25) is 0 Å². The van der Waals surface area contributed by atoms with Gasteiger partial charge in [0.2, 0.25) is 0 Å². The van der Waals surface area contributed by atoms with Crippen molar-refractivity contribution in [3.05, 3.63) is 285 Å². The maximum absolute atomic E-state index is 9.74. The van der Waals surface area contributed by atoms with Crippen molar-refractivity contribution in [2.45, 2.75) is 0 Å². The topological polar surface area (TPSA) is 3.24 Å². The van der Waals surface area contributed by atoms with Crippen LogP contribution in [-0.2, 0) is 0 Å². The molecule has 0 atom stereocenters. The molecule has 0 saturated heterocycles. The van der Waals surface area contributed by atoms with Crippen molar-refractivity contribution in [1.82, 2.24) is 0 Å². The molecule has 12 aromatic carbocycles. The number of hydrogen-bond acceptors (Lipinski definition) is 1. The maximum Gasteiger partial charge on any atom is 0.0645 e. The molecule has 0 heterocycles. The lowest BCUT2D eigenvalue weighted by atomic mass is 9.89. The second-order valence-corrected chi connectivity index (χ2v) is 17.4. The van der Waals surface area contributed by atoms with Crippen molar-refractivity contribution in [2.24, 2.45) is 0 Å². The number of benzene rings is 12. The van der Waals surface area contributed by atoms with E-state index in [4.69, 9.17) is 0 Å². The molecular weight excluding hydrogens is 831 g/mol. The Balaban J connectivity index is 0.974. The quantitative estimate of drug-likeness (QED) is 0.132. The number of hydrogen-bond donors (Lipinski definition) is 0. The highest BCUT2D eigenvalue weighted by molar-refractivity contribution is 6.04. The summed E-state index contributed by atoms with van der Waals surface area (Å²) in [7, 11) is 0. The molecule has 1 heteroatoms. The van der Waals surface area contributed by atoms with Gasteiger partial charge in [-0.05, 0) is 148 Å². The highest BCUT2D eigenvalue weighted by Crippen LogP contribution is 2.43. The van der Waals surface area contributed by atoms with Gasteiger partial charge in [0.25, 0.3) is 0 Å². The summed E-state index contributed by atoms with van der Waals surface area (Å²) in [5.41, 5.74) is 15.5. The van der Waals surface area contributed by atoms with Crippen LogP contribution >= 0.6 is 0 Å². The Kier molecular flexibility index (Phi) is 9.85. The van der Waals surface area contributed by atoms with Crippen LogP contribution < -0.4 is 4.90 Å². The fourth-order valence-corrected chi connectivity index (χ4v) is 9.64. The summed E-state index contributed by atoms with van der Waals surface area (Å²) in [5, 5.41) is 4.59. The summed E-state index contributed by atoms with van der Waals surface area (Å²) in [4.78, 5) is 1.87. The van der Waals surface area contributed by atoms with Crippen LogP contribution in [0.1, 0.15) is 5.48 Å². The van der Waals surface area contributed by atoms with Crippen LogP contribution in [0.25, 0.3) is 99.4 Å². The molecule has 0 N–H and O–H groups in total. The summed E-state index contributed by atoms with van der Waals surface area (Å²) < 4.78 is 38.6. The first kappa shape index (κ1) is 37.1. The average molecular weight is 882 g/mol. The van der Waals surface area contributed by atoms with Gasteiger partial charge in [0.15, 0.2) is 0 Å². The normalized spacial score (nSPS) is 12.0. The summed E-state index contributed by atoms with van der Waals surface area (Å²) in [6.07, 6.45) is 0. The smallest absolute Gasteiger partial charge is 0.0645 e. The first-order valence-corrected chi connectivity index (χ1v) is 23.4. The van der Waals surface area contributed by atoms with E-state index in [1.165, 1.54) is 5.39 Å². The average Bonchev–Trinajstić information content (AvgIpc) is 3.46. The predicted molar refractivity (Wildman–Crippen MR) is 294 cm³/mol. The van der Waals surface area contributed by atoms with E-state index in [1.807, 2.05) is 83.8 Å². The van der Waals surface area contributed by atoms with E-state index in [0.29, 0.717) is 16.9 Å². The summed E-state index contributed by atoms with van der Waals surface area (Å²) in [6, 6.07) is 89.1. The van der Waals surface area contributed by atoms with Gasteiger partial charge in [0, 0.05) is 17.1 Å². The number of nitrogens with zero attached hydrogens (tertiary/aromatic N) is 1. The Morgan fingerprint density at radius 3 is 1.28 bits per heavy atom. The first-order valence-electron chi connectivity index (χ1n) is 25.4. The zero-order valence-corrected chi connectivity index (χ0v) is 37.8. The molecule has 12 rings (SSSR count). The molecule has 0 saturated carbocycles. The van der Waals surface area contributed by atoms with Crippen LogP contribution in [0.4, 0.5) is 17.1 Å². The maximum atomic E-state index is 9.74. The molecule has 1 nitrogen and oxygen atoms in total. The monoisotopic (exact) mass is 881 g/mol. The number of rotatable bonds is 10. The van der Waals surface area contributed by atoms with E-state index in [9.17, 15) is 5.48 Å². The lowest BCUT2D eigenvalue weighted by Gasteiger charge is -2.26. The van der Waals surface area contributed by atoms with E-state index < -0.39 is 0 Å². The number of fused-ring (bicyclic) bond motifs is 2. The third-order valence-electron chi connectivity index (χ3n) is 13.2. The van der Waals surface area contributed by atoms with Gasteiger partial charge in [-0.2, -0.15) is 0 Å². The largest absolute Gasteiger partial charge is 0.311 e. The second kappa shape index (κ2) is 18.3. The van der Waals surface area contributed by atoms with Crippen LogP contribution in [-0.4, -0.2) is 0 Å². The Bertz CT molecular complexity index is 3940. The number of anilines is 3. The molecule has 0 fully saturated rings. The summed E-state index contributed by atoms with van der Waals surface area (Å²) in [6.45, 7) is 0. The van der Waals surface area contributed by atoms with Crippen molar-refractivity contribution in [2.75, 3.05) is 4.90 Å². The molecule has 0 amide bonds. The molecule has 0 radical (unpaired) electrons. The summed E-state index contributed by atoms with van der Waals surface area (Å²) >= 11 is 0. The predicted octanol–water partition coefficient (Wildman–Crippen LogP) is 19.1. The van der Waals surface area contributed by atoms with Gasteiger partial charge in [-0.1, -0.05) is 237 Å². The van der Waals surface area contributed by atoms with E-state index in [2.05, 4.69) is 182 Å². The van der Waals surface area contributed by atoms with Crippen molar-refractivity contribution < 1.29 is 5.48 Å². The van der Waals surface area contributed by atoms with Crippen molar-refractivity contribution in [3.8, 4) is 77.9 Å². The molecule has 0 unspecified atom stereocenters. The van der Waals surface area contributed by atoms with Gasteiger partial charge >= 0.3 is 0 Å². The van der Waals surface area contributed by atoms with E-state index in [1.54, 1.807) is 0 Å². The first-order chi connectivity index (χ1) is 35.9. The highest BCUT2D eigenvalue weighted by Gasteiger charge is 2.17. The zero-order chi connectivity index (χ0) is 49.4. The molecule has 0 bridgehead atoms. The van der Waals surface area contributed by atoms with Crippen LogP contribution in [0.3, 0.4) is 0 Å². The zero-order valence-electron chi connectivity index (χ0n) is 41.8. The summed E-state index contributed by atoms with van der Waals surface area (Å²) in [5.74, 6) is 0. The third kappa shape index (κ3) is 8.28. The van der Waals surface area contributed by atoms with Gasteiger partial charge < -0.3 is 4.90 Å². The molecule has 0 aromatic heterocycles. The molecule has 0 aliphatic rings. The second-order valence-electron chi connectivity index (χ2n) is 17.4. The van der Waals surface area contributed by atoms with E-state index in [-0.39, 0.29) is 35.4 Å². The lowest BCUT2D eigenvalue weighted by molar-refractivity contribution is 1.28. The third-order valence-corrected chi connectivity index (χ3v) is 13.2. The Morgan fingerprint density at radius 2 is 0.652 bits per heavy atom. The minimum atomic E-state index is -0.132. The van der Waals surface area contributed by atoms with Crippen molar-refractivity contribution >= 4 is 38.6 Å². The fourth-order valence-electron chi connectivity index (χ4n) is 9.64. The van der Waals surface area contributed by atoms with Gasteiger partial charge in [-0.15, -0.1) is 0 Å². The molecular formula is C68H47N. The molecule has 0 aliphatic heterocycles. The van der Waals surface area contributed by atoms with Gasteiger partial charge in [0.1, 0.15) is 0 Å². The minimum absolute atomic E-state index is 0.108. The molecule has 12 aromatic rings. The standard InChI is InChI=1S/C68H47N/c1-4-15-53(16-5-1)64-44-37-60(47-67(64)55-19-8-3-9-20-55)52-32-40-62(41-33-52)69(61-38-30-50(31-39-61)49-24-26-51(27-25-49)59-29-28-48-14-10-11-22-58(48)46-59)63-42-34-57(35-43-63)68-65-23-13-12-21-56(65)36-45-66(68)54-17-6-2-7-18-54/h1-47H/i30D,31D,38D,39D. The molecule has 69 heavy (non-hydrogen) atoms. The Labute approximate surface area is 410 Å². The lowest BCUT2D eigenvalue weighted by Crippen LogP contribution is -2.09. The van der Waals surface area contributed by atoms with Crippen LogP contribution in [0.15, 0.2) is 285 Å². The highest BCUT2D eigenvalue weighted by atomic mass is 15.1. The van der Waals surface area contributed by atoms with Crippen molar-refractivity contribution in [3.63, 3.8) is 0 Å². The SMILES string of the molecule is [2H]c1c([2H])c(N(c2ccc(-c3ccc(-c4ccccc4)c(-c4ccccc4)c3)cc2)c2ccc(-c3c(-c4ccccc4)ccc4ccccc34)cc2)c([2H])c([2H])c1-c1ccc(-c2ccc3ccccc3c2)cc1. The van der Waals surface area contributed by atoms with Gasteiger partial charge in [-0.25, -0.2) is 0 Å². The van der Waals surface area contributed by atoms with Crippen LogP contribution in [0, 0.1) is 0 Å². The fraction of sp³-hybridized carbons (Fsp3) is 0. The molecule has 324 valence electrons. The van der Waals surface area contributed by atoms with Crippen molar-refractivity contribution in [1.29, 1.82) is 0 Å². The minimum Gasteiger partial charge on any atom is -0.311 e. The Hall–Kier alpha value is -9.04. The van der Waals surface area contributed by atoms with E-state index >= 15 is 0 Å². The van der Waals surface area contributed by atoms with E-state index in [0.717, 1.165) is 82.9 Å². The van der Waals surface area contributed by atoms with Crippen LogP contribution in [0.5, 0.6) is 0 Å².